The maximum Gasteiger partial charge on any atom is 0.251 e. The van der Waals surface area contributed by atoms with Crippen molar-refractivity contribution in [3.05, 3.63) is 29.8 Å². The normalized spacial score (nSPS) is 19.9. The van der Waals surface area contributed by atoms with Gasteiger partial charge in [0.2, 0.25) is 10.0 Å². The Morgan fingerprint density at radius 1 is 1.24 bits per heavy atom. The van der Waals surface area contributed by atoms with Gasteiger partial charge in [-0.2, -0.15) is 0 Å². The topological polar surface area (TPSA) is 101 Å². The zero-order valence-electron chi connectivity index (χ0n) is 14.4. The van der Waals surface area contributed by atoms with E-state index in [9.17, 15) is 21.6 Å². The molecule has 1 N–H and O–H groups in total. The number of nitrogens with zero attached hydrogens (tertiary/aromatic N) is 1. The van der Waals surface area contributed by atoms with Crippen molar-refractivity contribution in [1.82, 2.24) is 9.62 Å². The predicted octanol–water partition coefficient (Wildman–Crippen LogP) is 0.882. The van der Waals surface area contributed by atoms with Crippen LogP contribution in [0.15, 0.2) is 29.2 Å². The number of carbonyl (C=O) groups is 1. The van der Waals surface area contributed by atoms with Crippen LogP contribution in [0.4, 0.5) is 0 Å². The quantitative estimate of drug-likeness (QED) is 0.699. The highest BCUT2D eigenvalue weighted by atomic mass is 32.2. The Balaban J connectivity index is 1.81. The predicted molar refractivity (Wildman–Crippen MR) is 95.6 cm³/mol. The zero-order valence-corrected chi connectivity index (χ0v) is 16.1. The number of carbonyl (C=O) groups excluding carboxylic acids is 1. The van der Waals surface area contributed by atoms with Crippen LogP contribution in [0.25, 0.3) is 0 Å². The number of hydrogen-bond donors (Lipinski definition) is 1. The molecule has 1 aliphatic heterocycles. The fourth-order valence-corrected chi connectivity index (χ4v) is 5.60. The van der Waals surface area contributed by atoms with E-state index in [0.717, 1.165) is 17.1 Å². The first-order valence-electron chi connectivity index (χ1n) is 8.13. The molecule has 1 aliphatic rings. The molecule has 7 nitrogen and oxygen atoms in total. The Hall–Kier alpha value is -1.45. The second-order valence-corrected chi connectivity index (χ2v) is 10.9. The summed E-state index contributed by atoms with van der Waals surface area (Å²) in [5, 5.41) is 2.78. The van der Waals surface area contributed by atoms with Crippen LogP contribution >= 0.6 is 0 Å². The second-order valence-electron chi connectivity index (χ2n) is 6.48. The van der Waals surface area contributed by atoms with E-state index >= 15 is 0 Å². The lowest BCUT2D eigenvalue weighted by Gasteiger charge is -2.12. The summed E-state index contributed by atoms with van der Waals surface area (Å²) in [6.07, 6.45) is 2.20. The molecular formula is C16H24N2O5S2. The highest BCUT2D eigenvalue weighted by Crippen LogP contribution is 2.22. The van der Waals surface area contributed by atoms with E-state index in [2.05, 4.69) is 5.32 Å². The van der Waals surface area contributed by atoms with E-state index in [-0.39, 0.29) is 28.2 Å². The third kappa shape index (κ3) is 5.26. The van der Waals surface area contributed by atoms with Gasteiger partial charge in [-0.15, -0.1) is 0 Å². The number of sulfonamides is 1. The monoisotopic (exact) mass is 388 g/mol. The molecule has 1 amide bonds. The first-order chi connectivity index (χ1) is 11.6. The van der Waals surface area contributed by atoms with Crippen molar-refractivity contribution in [2.75, 3.05) is 32.1 Å². The van der Waals surface area contributed by atoms with E-state index < -0.39 is 19.9 Å². The smallest absolute Gasteiger partial charge is 0.251 e. The molecule has 0 aromatic heterocycles. The van der Waals surface area contributed by atoms with E-state index in [0.29, 0.717) is 18.5 Å². The summed E-state index contributed by atoms with van der Waals surface area (Å²) in [6, 6.07) is 5.78. The molecule has 2 rings (SSSR count). The van der Waals surface area contributed by atoms with Crippen LogP contribution in [0.5, 0.6) is 0 Å². The van der Waals surface area contributed by atoms with Crippen molar-refractivity contribution < 1.29 is 21.6 Å². The fourth-order valence-electron chi connectivity index (χ4n) is 2.78. The number of benzene rings is 1. The van der Waals surface area contributed by atoms with Gasteiger partial charge in [-0.1, -0.05) is 0 Å². The van der Waals surface area contributed by atoms with E-state index in [1.165, 1.54) is 38.4 Å². The van der Waals surface area contributed by atoms with Crippen LogP contribution in [0, 0.1) is 5.92 Å². The van der Waals surface area contributed by atoms with Crippen LogP contribution in [-0.2, 0) is 19.9 Å². The van der Waals surface area contributed by atoms with Crippen LogP contribution in [0.3, 0.4) is 0 Å². The van der Waals surface area contributed by atoms with Gasteiger partial charge in [0.15, 0.2) is 9.84 Å². The van der Waals surface area contributed by atoms with E-state index in [1.54, 1.807) is 0 Å². The maximum atomic E-state index is 12.1. The van der Waals surface area contributed by atoms with Crippen molar-refractivity contribution in [2.45, 2.75) is 24.2 Å². The maximum absolute atomic E-state index is 12.1. The van der Waals surface area contributed by atoms with Crippen molar-refractivity contribution in [3.63, 3.8) is 0 Å². The average molecular weight is 389 g/mol. The van der Waals surface area contributed by atoms with Gasteiger partial charge in [0, 0.05) is 26.2 Å². The Bertz CT molecular complexity index is 815. The van der Waals surface area contributed by atoms with Gasteiger partial charge in [-0.05, 0) is 49.4 Å². The van der Waals surface area contributed by atoms with Crippen molar-refractivity contribution in [2.24, 2.45) is 5.92 Å². The molecule has 0 radical (unpaired) electrons. The average Bonchev–Trinajstić information content (AvgIpc) is 2.90. The van der Waals surface area contributed by atoms with Crippen molar-refractivity contribution in [3.8, 4) is 0 Å². The summed E-state index contributed by atoms with van der Waals surface area (Å²) in [5.74, 6) is 0.444. The number of nitrogens with one attached hydrogen (secondary N) is 1. The highest BCUT2D eigenvalue weighted by molar-refractivity contribution is 7.91. The Morgan fingerprint density at radius 3 is 2.40 bits per heavy atom. The Kier molecular flexibility index (Phi) is 6.23. The molecule has 1 fully saturated rings. The van der Waals surface area contributed by atoms with Crippen LogP contribution < -0.4 is 5.32 Å². The third-order valence-electron chi connectivity index (χ3n) is 4.30. The van der Waals surface area contributed by atoms with E-state index in [4.69, 9.17) is 0 Å². The van der Waals surface area contributed by atoms with Gasteiger partial charge in [-0.3, -0.25) is 4.79 Å². The molecule has 1 aromatic carbocycles. The number of hydrogen-bond acceptors (Lipinski definition) is 5. The molecule has 1 atom stereocenters. The second kappa shape index (κ2) is 7.84. The summed E-state index contributed by atoms with van der Waals surface area (Å²) in [6.45, 7) is 0.465. The minimum absolute atomic E-state index is 0.136. The summed E-state index contributed by atoms with van der Waals surface area (Å²) in [7, 11) is -3.46. The number of rotatable bonds is 7. The van der Waals surface area contributed by atoms with Gasteiger partial charge >= 0.3 is 0 Å². The molecule has 1 unspecified atom stereocenters. The van der Waals surface area contributed by atoms with Gasteiger partial charge in [0.1, 0.15) is 0 Å². The molecule has 0 spiro atoms. The SMILES string of the molecule is CN(C)S(=O)(=O)c1ccc(C(=O)NCCCC2CCS(=O)(=O)C2)cc1. The Morgan fingerprint density at radius 2 is 1.88 bits per heavy atom. The molecule has 1 saturated heterocycles. The molecule has 1 heterocycles. The first-order valence-corrected chi connectivity index (χ1v) is 11.4. The summed E-state index contributed by atoms with van der Waals surface area (Å²) >= 11 is 0. The minimum Gasteiger partial charge on any atom is -0.352 e. The minimum atomic E-state index is -3.51. The molecule has 0 bridgehead atoms. The lowest BCUT2D eigenvalue weighted by Crippen LogP contribution is -2.25. The lowest BCUT2D eigenvalue weighted by molar-refractivity contribution is 0.0952. The largest absolute Gasteiger partial charge is 0.352 e. The van der Waals surface area contributed by atoms with Crippen molar-refractivity contribution in [1.29, 1.82) is 0 Å². The molecule has 0 saturated carbocycles. The van der Waals surface area contributed by atoms with Crippen LogP contribution in [0.1, 0.15) is 29.6 Å². The fraction of sp³-hybridized carbons (Fsp3) is 0.562. The van der Waals surface area contributed by atoms with Gasteiger partial charge in [0.05, 0.1) is 16.4 Å². The van der Waals surface area contributed by atoms with Crippen LogP contribution in [-0.4, -0.2) is 59.2 Å². The number of amides is 1. The zero-order chi connectivity index (χ0) is 18.7. The lowest BCUT2D eigenvalue weighted by atomic mass is 10.0. The summed E-state index contributed by atoms with van der Waals surface area (Å²) in [5.41, 5.74) is 0.390. The van der Waals surface area contributed by atoms with Gasteiger partial charge in [0.25, 0.3) is 5.91 Å². The summed E-state index contributed by atoms with van der Waals surface area (Å²) in [4.78, 5) is 12.2. The molecular weight excluding hydrogens is 364 g/mol. The Labute approximate surface area is 149 Å². The van der Waals surface area contributed by atoms with Crippen molar-refractivity contribution >= 4 is 25.8 Å². The summed E-state index contributed by atoms with van der Waals surface area (Å²) < 4.78 is 47.9. The molecule has 9 heteroatoms. The molecule has 140 valence electrons. The standard InChI is InChI=1S/C16H24N2O5S2/c1-18(2)25(22,23)15-7-5-14(6-8-15)16(19)17-10-3-4-13-9-11-24(20,21)12-13/h5-8,13H,3-4,9-12H2,1-2H3,(H,17,19). The van der Waals surface area contributed by atoms with Gasteiger partial charge in [-0.25, -0.2) is 21.1 Å². The third-order valence-corrected chi connectivity index (χ3v) is 7.96. The van der Waals surface area contributed by atoms with Crippen LogP contribution in [0.2, 0.25) is 0 Å². The van der Waals surface area contributed by atoms with E-state index in [1.807, 2.05) is 0 Å². The molecule has 25 heavy (non-hydrogen) atoms. The highest BCUT2D eigenvalue weighted by Gasteiger charge is 2.27. The van der Waals surface area contributed by atoms with Gasteiger partial charge < -0.3 is 5.32 Å². The number of sulfone groups is 1. The first kappa shape index (κ1) is 19.9. The molecule has 1 aromatic rings. The molecule has 0 aliphatic carbocycles.